The van der Waals surface area contributed by atoms with Crippen LogP contribution in [0.4, 0.5) is 25.2 Å². The van der Waals surface area contributed by atoms with Gasteiger partial charge in [0.25, 0.3) is 0 Å². The molecule has 0 aliphatic carbocycles. The molecular weight excluding hydrogens is 614 g/mol. The Balaban J connectivity index is 0.000000194. The van der Waals surface area contributed by atoms with E-state index in [1.165, 1.54) is 18.2 Å². The highest BCUT2D eigenvalue weighted by Crippen LogP contribution is 2.30. The number of anilines is 2. The van der Waals surface area contributed by atoms with Gasteiger partial charge in [-0.25, -0.2) is 23.5 Å². The Labute approximate surface area is 279 Å². The van der Waals surface area contributed by atoms with Crippen LogP contribution in [0.1, 0.15) is 18.4 Å². The Kier molecular flexibility index (Phi) is 12.1. The van der Waals surface area contributed by atoms with Crippen molar-refractivity contribution in [2.45, 2.75) is 19.4 Å². The lowest BCUT2D eigenvalue weighted by molar-refractivity contribution is 0.138. The first-order chi connectivity index (χ1) is 23.5. The minimum Gasteiger partial charge on any atom is -0.445 e. The van der Waals surface area contributed by atoms with Crippen molar-refractivity contribution in [2.24, 2.45) is 17.6 Å². The average Bonchev–Trinajstić information content (AvgIpc) is 3.81. The summed E-state index contributed by atoms with van der Waals surface area (Å²) in [6.45, 7) is 4.97. The molecule has 2 aliphatic rings. The third kappa shape index (κ3) is 8.72. The van der Waals surface area contributed by atoms with Crippen LogP contribution < -0.4 is 20.9 Å². The van der Waals surface area contributed by atoms with Gasteiger partial charge in [0.1, 0.15) is 29.9 Å². The highest BCUT2D eigenvalue weighted by Gasteiger charge is 2.26. The number of nitrogens with one attached hydrogen (secondary N) is 1. The average molecular weight is 657 g/mol. The first-order valence-electron chi connectivity index (χ1n) is 16.1. The monoisotopic (exact) mass is 656 g/mol. The zero-order valence-corrected chi connectivity index (χ0v) is 27.1. The maximum absolute atomic E-state index is 13.7. The molecule has 48 heavy (non-hydrogen) atoms. The van der Waals surface area contributed by atoms with Gasteiger partial charge < -0.3 is 30.7 Å². The Morgan fingerprint density at radius 3 is 1.92 bits per heavy atom. The molecule has 1 amide bonds. The first kappa shape index (κ1) is 34.5. The highest BCUT2D eigenvalue weighted by atomic mass is 19.1. The molecule has 5 aromatic rings. The summed E-state index contributed by atoms with van der Waals surface area (Å²) in [4.78, 5) is 25.2. The fraction of sp³-hybridized carbons (Fsp3) is 0.324. The number of halogens is 2. The summed E-state index contributed by atoms with van der Waals surface area (Å²) in [6, 6.07) is 23.0. The van der Waals surface area contributed by atoms with Gasteiger partial charge in [0.2, 0.25) is 0 Å². The van der Waals surface area contributed by atoms with Crippen LogP contribution in [0, 0.1) is 23.5 Å². The van der Waals surface area contributed by atoms with Crippen molar-refractivity contribution in [3.63, 3.8) is 0 Å². The summed E-state index contributed by atoms with van der Waals surface area (Å²) in [5.41, 5.74) is 6.66. The van der Waals surface area contributed by atoms with Crippen LogP contribution in [-0.2, 0) is 11.3 Å². The number of carbonyl (C=O) groups excluding carboxylic acids is 1. The molecular formula is C37H42F2N6O3. The van der Waals surface area contributed by atoms with E-state index in [0.717, 1.165) is 84.9 Å². The summed E-state index contributed by atoms with van der Waals surface area (Å²) in [7, 11) is 1.00. The number of amides is 1. The number of aromatic nitrogens is 2. The van der Waals surface area contributed by atoms with Gasteiger partial charge in [-0.05, 0) is 84.0 Å². The number of ether oxygens (including phenoxy) is 1. The minimum atomic E-state index is -0.410. The van der Waals surface area contributed by atoms with E-state index in [1.807, 2.05) is 42.5 Å². The van der Waals surface area contributed by atoms with Crippen molar-refractivity contribution in [1.82, 2.24) is 15.3 Å². The molecule has 2 aromatic heterocycles. The van der Waals surface area contributed by atoms with Gasteiger partial charge in [-0.15, -0.1) is 0 Å². The van der Waals surface area contributed by atoms with Crippen LogP contribution >= 0.6 is 0 Å². The fourth-order valence-corrected chi connectivity index (χ4v) is 6.17. The molecule has 9 nitrogen and oxygen atoms in total. The second kappa shape index (κ2) is 16.8. The van der Waals surface area contributed by atoms with E-state index in [9.17, 15) is 13.6 Å². The molecule has 0 bridgehead atoms. The Hall–Kier alpha value is -4.87. The van der Waals surface area contributed by atoms with Crippen LogP contribution in [0.3, 0.4) is 0 Å². The largest absolute Gasteiger partial charge is 0.445 e. The number of nitrogens with two attached hydrogens (primary N) is 1. The molecule has 2 aliphatic heterocycles. The first-order valence-corrected chi connectivity index (χ1v) is 16.1. The molecule has 0 radical (unpaired) electrons. The Bertz CT molecular complexity index is 1790. The minimum absolute atomic E-state index is 0.216. The predicted octanol–water partition coefficient (Wildman–Crippen LogP) is 5.89. The molecule has 252 valence electrons. The topological polar surface area (TPSA) is 117 Å². The summed E-state index contributed by atoms with van der Waals surface area (Å²) in [6.07, 6.45) is 5.15. The van der Waals surface area contributed by atoms with Crippen LogP contribution in [0.2, 0.25) is 0 Å². The summed E-state index contributed by atoms with van der Waals surface area (Å²) in [5.74, 6) is 2.02. The number of pyridine rings is 2. The number of aliphatic hydroxyl groups excluding tert-OH is 1. The third-order valence-electron chi connectivity index (χ3n) is 8.67. The number of hydrogen-bond acceptors (Lipinski definition) is 8. The van der Waals surface area contributed by atoms with Gasteiger partial charge in [-0.1, -0.05) is 42.5 Å². The number of carbonyl (C=O) groups is 1. The molecule has 2 saturated heterocycles. The quantitative estimate of drug-likeness (QED) is 0.199. The molecule has 0 saturated carbocycles. The summed E-state index contributed by atoms with van der Waals surface area (Å²) >= 11 is 0. The summed E-state index contributed by atoms with van der Waals surface area (Å²) < 4.78 is 32.3. The van der Waals surface area contributed by atoms with Gasteiger partial charge in [0.05, 0.1) is 0 Å². The second-order valence-corrected chi connectivity index (χ2v) is 11.9. The van der Waals surface area contributed by atoms with Gasteiger partial charge in [0, 0.05) is 63.0 Å². The predicted molar refractivity (Wildman–Crippen MR) is 186 cm³/mol. The number of rotatable bonds is 7. The standard InChI is InChI=1S/C22H22FN3O2.C14H16FN3.CH4O/c23-19-7-6-18-8-10-24-21(20(18)12-19)26-11-9-17(14-26)13-25-22(27)28-15-16-4-2-1-3-5-16;15-12-2-1-11-3-5-17-14(13(11)7-12)18-6-4-10(8-16)9-18;1-2/h1-8,10,12,17H,9,11,13-15H2,(H,25,27);1-3,5,7,10H,4,6,8-9,16H2;2H,1H3. The maximum Gasteiger partial charge on any atom is 0.407 e. The number of nitrogens with zero attached hydrogens (tertiary/aromatic N) is 4. The van der Waals surface area contributed by atoms with E-state index in [2.05, 4.69) is 25.1 Å². The third-order valence-corrected chi connectivity index (χ3v) is 8.67. The van der Waals surface area contributed by atoms with Crippen LogP contribution in [0.5, 0.6) is 0 Å². The molecule has 11 heteroatoms. The molecule has 4 N–H and O–H groups in total. The normalized spacial score (nSPS) is 17.0. The van der Waals surface area contributed by atoms with Crippen LogP contribution in [0.15, 0.2) is 91.3 Å². The Morgan fingerprint density at radius 1 is 0.833 bits per heavy atom. The number of benzene rings is 3. The van der Waals surface area contributed by atoms with Crippen molar-refractivity contribution < 1.29 is 23.4 Å². The van der Waals surface area contributed by atoms with Crippen LogP contribution in [0.25, 0.3) is 21.5 Å². The lowest BCUT2D eigenvalue weighted by atomic mass is 10.1. The fourth-order valence-electron chi connectivity index (χ4n) is 6.17. The van der Waals surface area contributed by atoms with Crippen molar-refractivity contribution in [1.29, 1.82) is 0 Å². The maximum atomic E-state index is 13.7. The van der Waals surface area contributed by atoms with E-state index in [1.54, 1.807) is 30.6 Å². The lowest BCUT2D eigenvalue weighted by Gasteiger charge is -2.19. The molecule has 2 fully saturated rings. The van der Waals surface area contributed by atoms with E-state index in [0.29, 0.717) is 24.9 Å². The van der Waals surface area contributed by atoms with Crippen molar-refractivity contribution in [2.75, 3.05) is 56.2 Å². The molecule has 7 rings (SSSR count). The molecule has 3 aromatic carbocycles. The zero-order valence-electron chi connectivity index (χ0n) is 27.1. The van der Waals surface area contributed by atoms with E-state index in [4.69, 9.17) is 15.6 Å². The molecule has 2 unspecified atom stereocenters. The number of aliphatic hydroxyl groups is 1. The second-order valence-electron chi connectivity index (χ2n) is 11.9. The number of alkyl carbamates (subject to hydrolysis) is 1. The van der Waals surface area contributed by atoms with Crippen LogP contribution in [-0.4, -0.2) is 67.5 Å². The van der Waals surface area contributed by atoms with Crippen molar-refractivity contribution in [3.05, 3.63) is 108 Å². The lowest BCUT2D eigenvalue weighted by Crippen LogP contribution is -2.31. The van der Waals surface area contributed by atoms with Crippen molar-refractivity contribution in [3.8, 4) is 0 Å². The summed E-state index contributed by atoms with van der Waals surface area (Å²) in [5, 5.41) is 13.5. The van der Waals surface area contributed by atoms with Gasteiger partial charge >= 0.3 is 6.09 Å². The molecule has 2 atom stereocenters. The highest BCUT2D eigenvalue weighted by molar-refractivity contribution is 5.93. The SMILES string of the molecule is CO.NCC1CCN(c2nccc3ccc(F)cc23)C1.O=C(NCC1CCN(c2nccc3ccc(F)cc23)C1)OCc1ccccc1. The van der Waals surface area contributed by atoms with E-state index in [-0.39, 0.29) is 18.2 Å². The Morgan fingerprint density at radius 2 is 1.38 bits per heavy atom. The molecule has 4 heterocycles. The van der Waals surface area contributed by atoms with Gasteiger partial charge in [-0.3, -0.25) is 0 Å². The van der Waals surface area contributed by atoms with E-state index >= 15 is 0 Å². The number of hydrogen-bond donors (Lipinski definition) is 3. The number of fused-ring (bicyclic) bond motifs is 2. The van der Waals surface area contributed by atoms with Gasteiger partial charge in [-0.2, -0.15) is 0 Å². The zero-order chi connectivity index (χ0) is 33.9. The molecule has 0 spiro atoms. The van der Waals surface area contributed by atoms with Crippen molar-refractivity contribution >= 4 is 39.3 Å². The smallest absolute Gasteiger partial charge is 0.407 e. The van der Waals surface area contributed by atoms with E-state index < -0.39 is 6.09 Å². The van der Waals surface area contributed by atoms with Gasteiger partial charge in [0.15, 0.2) is 0 Å².